The van der Waals surface area contributed by atoms with Crippen LogP contribution in [0.25, 0.3) is 0 Å². The predicted octanol–water partition coefficient (Wildman–Crippen LogP) is 1.65. The van der Waals surface area contributed by atoms with E-state index in [4.69, 9.17) is 0 Å². The highest BCUT2D eigenvalue weighted by molar-refractivity contribution is 5.30. The molecule has 19 heavy (non-hydrogen) atoms. The summed E-state index contributed by atoms with van der Waals surface area (Å²) in [5.41, 5.74) is 0.756. The molecule has 1 aromatic heterocycles. The first-order valence-electron chi connectivity index (χ1n) is 7.24. The van der Waals surface area contributed by atoms with E-state index in [1.165, 1.54) is 25.7 Å². The minimum Gasteiger partial charge on any atom is -0.342 e. The molecule has 106 valence electrons. The zero-order chi connectivity index (χ0) is 13.7. The molecule has 0 atom stereocenters. The molecule has 0 aliphatic carbocycles. The summed E-state index contributed by atoms with van der Waals surface area (Å²) in [7, 11) is 0. The minimum absolute atomic E-state index is 0.0604. The zero-order valence-electron chi connectivity index (χ0n) is 11.9. The maximum Gasteiger partial charge on any atom is 0.252 e. The van der Waals surface area contributed by atoms with Gasteiger partial charge >= 0.3 is 0 Å². The second-order valence-electron chi connectivity index (χ2n) is 5.50. The van der Waals surface area contributed by atoms with Gasteiger partial charge in [0, 0.05) is 31.7 Å². The highest BCUT2D eigenvalue weighted by Gasteiger charge is 2.13. The molecule has 1 fully saturated rings. The standard InChI is InChI=1S/C14H24N4O/c1-11(2)15-10-12-9-13(19)17-14(16-12)18-7-5-3-4-6-8-18/h9,11,15H,3-8,10H2,1-2H3,(H,16,17,19). The van der Waals surface area contributed by atoms with E-state index in [9.17, 15) is 4.79 Å². The molecule has 0 spiro atoms. The van der Waals surface area contributed by atoms with Crippen LogP contribution in [0.15, 0.2) is 10.9 Å². The predicted molar refractivity (Wildman–Crippen MR) is 77.5 cm³/mol. The van der Waals surface area contributed by atoms with Gasteiger partial charge in [-0.15, -0.1) is 0 Å². The number of nitrogens with zero attached hydrogens (tertiary/aromatic N) is 2. The molecule has 1 aliphatic rings. The van der Waals surface area contributed by atoms with E-state index in [0.29, 0.717) is 12.6 Å². The molecule has 2 heterocycles. The highest BCUT2D eigenvalue weighted by atomic mass is 16.1. The Morgan fingerprint density at radius 1 is 1.32 bits per heavy atom. The van der Waals surface area contributed by atoms with Crippen molar-refractivity contribution in [2.24, 2.45) is 0 Å². The monoisotopic (exact) mass is 264 g/mol. The molecule has 0 radical (unpaired) electrons. The number of nitrogens with one attached hydrogen (secondary N) is 2. The van der Waals surface area contributed by atoms with Crippen LogP contribution in [0.2, 0.25) is 0 Å². The van der Waals surface area contributed by atoms with Gasteiger partial charge in [-0.05, 0) is 12.8 Å². The minimum atomic E-state index is -0.0604. The SMILES string of the molecule is CC(C)NCc1cc(=O)[nH]c(N2CCCCCC2)n1. The summed E-state index contributed by atoms with van der Waals surface area (Å²) < 4.78 is 0. The number of H-pyrrole nitrogens is 1. The van der Waals surface area contributed by atoms with Crippen LogP contribution in [0.3, 0.4) is 0 Å². The Balaban J connectivity index is 2.13. The molecule has 1 aromatic rings. The Labute approximate surface area is 114 Å². The lowest BCUT2D eigenvalue weighted by Crippen LogP contribution is -2.30. The van der Waals surface area contributed by atoms with Crippen LogP contribution >= 0.6 is 0 Å². The lowest BCUT2D eigenvalue weighted by Gasteiger charge is -2.21. The molecule has 0 saturated carbocycles. The first-order valence-corrected chi connectivity index (χ1v) is 7.24. The lowest BCUT2D eigenvalue weighted by atomic mass is 10.2. The summed E-state index contributed by atoms with van der Waals surface area (Å²) in [6.45, 7) is 6.79. The molecular weight excluding hydrogens is 240 g/mol. The molecule has 1 aliphatic heterocycles. The number of hydrogen-bond donors (Lipinski definition) is 2. The second-order valence-corrected chi connectivity index (χ2v) is 5.50. The summed E-state index contributed by atoms with van der Waals surface area (Å²) in [6, 6.07) is 1.97. The van der Waals surface area contributed by atoms with E-state index in [1.54, 1.807) is 6.07 Å². The van der Waals surface area contributed by atoms with Gasteiger partial charge in [0.05, 0.1) is 5.69 Å². The lowest BCUT2D eigenvalue weighted by molar-refractivity contribution is 0.579. The zero-order valence-corrected chi connectivity index (χ0v) is 11.9. The summed E-state index contributed by atoms with van der Waals surface area (Å²) in [5, 5.41) is 3.30. The van der Waals surface area contributed by atoms with Crippen molar-refractivity contribution < 1.29 is 0 Å². The van der Waals surface area contributed by atoms with Gasteiger partial charge < -0.3 is 10.2 Å². The molecule has 0 amide bonds. The molecule has 1 saturated heterocycles. The van der Waals surface area contributed by atoms with Crippen molar-refractivity contribution in [2.75, 3.05) is 18.0 Å². The maximum absolute atomic E-state index is 11.7. The summed E-state index contributed by atoms with van der Waals surface area (Å²) in [6.07, 6.45) is 4.90. The van der Waals surface area contributed by atoms with Gasteiger partial charge in [0.2, 0.25) is 5.95 Å². The van der Waals surface area contributed by atoms with Gasteiger partial charge in [0.1, 0.15) is 0 Å². The van der Waals surface area contributed by atoms with Crippen LogP contribution in [0, 0.1) is 0 Å². The van der Waals surface area contributed by atoms with Crippen LogP contribution < -0.4 is 15.8 Å². The summed E-state index contributed by atoms with van der Waals surface area (Å²) in [5.74, 6) is 0.731. The number of rotatable bonds is 4. The average Bonchev–Trinajstić information content (AvgIpc) is 2.64. The molecule has 2 N–H and O–H groups in total. The fourth-order valence-electron chi connectivity index (χ4n) is 2.33. The van der Waals surface area contributed by atoms with Gasteiger partial charge in [0.25, 0.3) is 5.56 Å². The largest absolute Gasteiger partial charge is 0.342 e. The van der Waals surface area contributed by atoms with Crippen LogP contribution in [0.5, 0.6) is 0 Å². The quantitative estimate of drug-likeness (QED) is 0.868. The molecule has 0 unspecified atom stereocenters. The van der Waals surface area contributed by atoms with Crippen molar-refractivity contribution in [3.63, 3.8) is 0 Å². The first-order chi connectivity index (χ1) is 9.15. The van der Waals surface area contributed by atoms with Crippen LogP contribution in [-0.4, -0.2) is 29.1 Å². The van der Waals surface area contributed by atoms with E-state index in [2.05, 4.69) is 34.0 Å². The number of aromatic amines is 1. The van der Waals surface area contributed by atoms with E-state index < -0.39 is 0 Å². The van der Waals surface area contributed by atoms with Gasteiger partial charge in [-0.25, -0.2) is 4.98 Å². The Kier molecular flexibility index (Phi) is 4.96. The summed E-state index contributed by atoms with van der Waals surface area (Å²) >= 11 is 0. The Bertz CT molecular complexity index is 447. The third kappa shape index (κ3) is 4.35. The normalized spacial score (nSPS) is 16.7. The van der Waals surface area contributed by atoms with Gasteiger partial charge in [-0.1, -0.05) is 26.7 Å². The van der Waals surface area contributed by atoms with Gasteiger partial charge in [-0.2, -0.15) is 0 Å². The topological polar surface area (TPSA) is 61.0 Å². The van der Waals surface area contributed by atoms with E-state index >= 15 is 0 Å². The molecular formula is C14H24N4O. The molecule has 0 bridgehead atoms. The van der Waals surface area contributed by atoms with Crippen molar-refractivity contribution in [1.29, 1.82) is 0 Å². The average molecular weight is 264 g/mol. The first kappa shape index (κ1) is 14.1. The van der Waals surface area contributed by atoms with Gasteiger partial charge in [0.15, 0.2) is 0 Å². The van der Waals surface area contributed by atoms with Gasteiger partial charge in [-0.3, -0.25) is 9.78 Å². The maximum atomic E-state index is 11.7. The molecule has 0 aromatic carbocycles. The van der Waals surface area contributed by atoms with Crippen molar-refractivity contribution in [3.8, 4) is 0 Å². The van der Waals surface area contributed by atoms with Crippen LogP contribution in [0.1, 0.15) is 45.2 Å². The fraction of sp³-hybridized carbons (Fsp3) is 0.714. The van der Waals surface area contributed by atoms with Crippen molar-refractivity contribution >= 4 is 5.95 Å². The Morgan fingerprint density at radius 3 is 2.63 bits per heavy atom. The third-order valence-electron chi connectivity index (χ3n) is 3.38. The fourth-order valence-corrected chi connectivity index (χ4v) is 2.33. The van der Waals surface area contributed by atoms with Crippen molar-refractivity contribution in [2.45, 2.75) is 52.1 Å². The molecule has 5 nitrogen and oxygen atoms in total. The van der Waals surface area contributed by atoms with Crippen LogP contribution in [0.4, 0.5) is 5.95 Å². The third-order valence-corrected chi connectivity index (χ3v) is 3.38. The van der Waals surface area contributed by atoms with Crippen molar-refractivity contribution in [3.05, 3.63) is 22.1 Å². The van der Waals surface area contributed by atoms with Crippen molar-refractivity contribution in [1.82, 2.24) is 15.3 Å². The Hall–Kier alpha value is -1.36. The van der Waals surface area contributed by atoms with Crippen LogP contribution in [-0.2, 0) is 6.54 Å². The number of hydrogen-bond acceptors (Lipinski definition) is 4. The van der Waals surface area contributed by atoms with E-state index in [-0.39, 0.29) is 5.56 Å². The highest BCUT2D eigenvalue weighted by Crippen LogP contribution is 2.14. The number of aromatic nitrogens is 2. The second kappa shape index (κ2) is 6.70. The Morgan fingerprint density at radius 2 is 2.00 bits per heavy atom. The smallest absolute Gasteiger partial charge is 0.252 e. The number of anilines is 1. The van der Waals surface area contributed by atoms with E-state index in [0.717, 1.165) is 24.7 Å². The summed E-state index contributed by atoms with van der Waals surface area (Å²) in [4.78, 5) is 21.4. The van der Waals surface area contributed by atoms with E-state index in [1.807, 2.05) is 0 Å². The molecule has 5 heteroatoms. The molecule has 2 rings (SSSR count).